The van der Waals surface area contributed by atoms with Crippen molar-refractivity contribution in [2.75, 3.05) is 7.11 Å². The molecule has 3 rings (SSSR count). The summed E-state index contributed by atoms with van der Waals surface area (Å²) in [7, 11) is 1.35. The first kappa shape index (κ1) is 22.0. The second-order valence-corrected chi connectivity index (χ2v) is 8.27. The molecule has 1 N–H and O–H groups in total. The third kappa shape index (κ3) is 3.74. The van der Waals surface area contributed by atoms with Gasteiger partial charge in [0.1, 0.15) is 0 Å². The standard InChI is InChI=1S/C23H23BrFNO4/c1-5-12(2)20(23(28)29)21-13(3)26(22(27)14-6-8-15(24)9-7-14)18-11-17(25)19(30-4)10-16(18)21/h6-12,20H,5H2,1-4H3,(H,28,29)/t12?,20-/m0/s1. The number of rotatable bonds is 6. The summed E-state index contributed by atoms with van der Waals surface area (Å²) >= 11 is 3.35. The van der Waals surface area contributed by atoms with Crippen molar-refractivity contribution >= 4 is 38.7 Å². The SMILES string of the molecule is CCC(C)[C@H](C(=O)O)c1c(C)n(C(=O)c2ccc(Br)cc2)c2cc(F)c(OC)cc12. The quantitative estimate of drug-likeness (QED) is 0.491. The van der Waals surface area contributed by atoms with Gasteiger partial charge in [0.05, 0.1) is 18.5 Å². The second kappa shape index (κ2) is 8.60. The fourth-order valence-electron chi connectivity index (χ4n) is 3.86. The van der Waals surface area contributed by atoms with E-state index in [9.17, 15) is 19.1 Å². The van der Waals surface area contributed by atoms with Crippen LogP contribution in [0.5, 0.6) is 5.75 Å². The highest BCUT2D eigenvalue weighted by Gasteiger charge is 2.33. The highest BCUT2D eigenvalue weighted by molar-refractivity contribution is 9.10. The minimum Gasteiger partial charge on any atom is -0.494 e. The molecule has 5 nitrogen and oxygen atoms in total. The molecule has 30 heavy (non-hydrogen) atoms. The molecule has 0 spiro atoms. The Morgan fingerprint density at radius 1 is 1.23 bits per heavy atom. The topological polar surface area (TPSA) is 68.5 Å². The number of aromatic nitrogens is 1. The lowest BCUT2D eigenvalue weighted by atomic mass is 9.84. The molecule has 0 amide bonds. The maximum Gasteiger partial charge on any atom is 0.311 e. The number of carboxylic acids is 1. The van der Waals surface area contributed by atoms with Crippen molar-refractivity contribution in [3.05, 3.63) is 63.5 Å². The molecule has 0 fully saturated rings. The zero-order valence-corrected chi connectivity index (χ0v) is 18.8. The van der Waals surface area contributed by atoms with Gasteiger partial charge in [-0.2, -0.15) is 0 Å². The Labute approximate surface area is 182 Å². The number of ether oxygens (including phenoxy) is 1. The average Bonchev–Trinajstić information content (AvgIpc) is 2.98. The van der Waals surface area contributed by atoms with E-state index in [1.54, 1.807) is 31.2 Å². The van der Waals surface area contributed by atoms with Crippen LogP contribution in [0.15, 0.2) is 40.9 Å². The predicted octanol–water partition coefficient (Wildman–Crippen LogP) is 5.76. The van der Waals surface area contributed by atoms with Crippen molar-refractivity contribution in [2.24, 2.45) is 5.92 Å². The number of carboxylic acid groups (broad SMARTS) is 1. The van der Waals surface area contributed by atoms with Crippen LogP contribution < -0.4 is 4.74 Å². The lowest BCUT2D eigenvalue weighted by molar-refractivity contribution is -0.140. The molecule has 3 aromatic rings. The van der Waals surface area contributed by atoms with Gasteiger partial charge >= 0.3 is 5.97 Å². The second-order valence-electron chi connectivity index (χ2n) is 7.35. The van der Waals surface area contributed by atoms with Gasteiger partial charge in [0, 0.05) is 27.2 Å². The Hall–Kier alpha value is -2.67. The molecule has 0 aliphatic rings. The van der Waals surface area contributed by atoms with E-state index in [1.807, 2.05) is 13.8 Å². The van der Waals surface area contributed by atoms with Crippen LogP contribution in [0, 0.1) is 18.7 Å². The molecule has 0 aliphatic carbocycles. The molecule has 0 saturated carbocycles. The molecular formula is C23H23BrFNO4. The van der Waals surface area contributed by atoms with Crippen molar-refractivity contribution in [1.29, 1.82) is 0 Å². The van der Waals surface area contributed by atoms with Crippen LogP contribution in [-0.4, -0.2) is 28.7 Å². The highest BCUT2D eigenvalue weighted by Crippen LogP contribution is 2.39. The summed E-state index contributed by atoms with van der Waals surface area (Å²) in [4.78, 5) is 25.5. The molecule has 0 aliphatic heterocycles. The minimum atomic E-state index is -0.981. The van der Waals surface area contributed by atoms with E-state index in [-0.39, 0.29) is 17.6 Å². The van der Waals surface area contributed by atoms with E-state index in [1.165, 1.54) is 23.8 Å². The van der Waals surface area contributed by atoms with Crippen molar-refractivity contribution < 1.29 is 23.8 Å². The normalized spacial score (nSPS) is 13.3. The van der Waals surface area contributed by atoms with Crippen molar-refractivity contribution in [3.8, 4) is 5.75 Å². The van der Waals surface area contributed by atoms with Gasteiger partial charge in [-0.25, -0.2) is 4.39 Å². The number of benzene rings is 2. The van der Waals surface area contributed by atoms with E-state index < -0.39 is 17.7 Å². The van der Waals surface area contributed by atoms with Gasteiger partial charge in [-0.05, 0) is 48.7 Å². The van der Waals surface area contributed by atoms with Gasteiger partial charge in [0.2, 0.25) is 0 Å². The summed E-state index contributed by atoms with van der Waals surface area (Å²) in [6, 6.07) is 9.55. The minimum absolute atomic E-state index is 0.00489. The first-order chi connectivity index (χ1) is 14.2. The lowest BCUT2D eigenvalue weighted by Gasteiger charge is -2.20. The van der Waals surface area contributed by atoms with Gasteiger partial charge in [0.15, 0.2) is 11.6 Å². The van der Waals surface area contributed by atoms with Crippen molar-refractivity contribution in [2.45, 2.75) is 33.1 Å². The fourth-order valence-corrected chi connectivity index (χ4v) is 4.12. The van der Waals surface area contributed by atoms with Crippen molar-refractivity contribution in [1.82, 2.24) is 4.57 Å². The fraction of sp³-hybridized carbons (Fsp3) is 0.304. The highest BCUT2D eigenvalue weighted by atomic mass is 79.9. The van der Waals surface area contributed by atoms with Crippen LogP contribution in [0.4, 0.5) is 4.39 Å². The number of methoxy groups -OCH3 is 1. The van der Waals surface area contributed by atoms with E-state index in [4.69, 9.17) is 4.74 Å². The molecule has 1 unspecified atom stereocenters. The summed E-state index contributed by atoms with van der Waals surface area (Å²) in [5, 5.41) is 10.5. The molecule has 158 valence electrons. The molecule has 2 aromatic carbocycles. The summed E-state index contributed by atoms with van der Waals surface area (Å²) in [5.41, 5.74) is 1.73. The van der Waals surface area contributed by atoms with Gasteiger partial charge in [0.25, 0.3) is 5.91 Å². The number of hydrogen-bond donors (Lipinski definition) is 1. The molecular weight excluding hydrogens is 453 g/mol. The zero-order valence-electron chi connectivity index (χ0n) is 17.2. The molecule has 2 atom stereocenters. The molecule has 0 bridgehead atoms. The van der Waals surface area contributed by atoms with Crippen LogP contribution in [0.25, 0.3) is 10.9 Å². The number of carbonyl (C=O) groups is 2. The van der Waals surface area contributed by atoms with Crippen molar-refractivity contribution in [3.63, 3.8) is 0 Å². The third-order valence-electron chi connectivity index (χ3n) is 5.61. The maximum atomic E-state index is 14.6. The smallest absolute Gasteiger partial charge is 0.311 e. The number of fused-ring (bicyclic) bond motifs is 1. The lowest BCUT2D eigenvalue weighted by Crippen LogP contribution is -2.21. The average molecular weight is 476 g/mol. The monoisotopic (exact) mass is 475 g/mol. The molecule has 0 saturated heterocycles. The van der Waals surface area contributed by atoms with Gasteiger partial charge < -0.3 is 9.84 Å². The molecule has 0 radical (unpaired) electrons. The van der Waals surface area contributed by atoms with Crippen LogP contribution >= 0.6 is 15.9 Å². The van der Waals surface area contributed by atoms with Crippen LogP contribution in [-0.2, 0) is 4.79 Å². The van der Waals surface area contributed by atoms with Crippen LogP contribution in [0.3, 0.4) is 0 Å². The van der Waals surface area contributed by atoms with E-state index >= 15 is 0 Å². The molecule has 1 aromatic heterocycles. The first-order valence-corrected chi connectivity index (χ1v) is 10.4. The third-order valence-corrected chi connectivity index (χ3v) is 6.14. The Balaban J connectivity index is 2.36. The number of carbonyl (C=O) groups excluding carboxylic acids is 1. The predicted molar refractivity (Wildman–Crippen MR) is 117 cm³/mol. The van der Waals surface area contributed by atoms with Gasteiger partial charge in [-0.15, -0.1) is 0 Å². The first-order valence-electron chi connectivity index (χ1n) is 9.62. The molecule has 7 heteroatoms. The summed E-state index contributed by atoms with van der Waals surface area (Å²) in [5.74, 6) is -2.97. The number of hydrogen-bond acceptors (Lipinski definition) is 3. The Kier molecular flexibility index (Phi) is 6.31. The van der Waals surface area contributed by atoms with E-state index in [0.29, 0.717) is 34.1 Å². The summed E-state index contributed by atoms with van der Waals surface area (Å²) in [6.45, 7) is 5.48. The number of nitrogens with zero attached hydrogens (tertiary/aromatic N) is 1. The van der Waals surface area contributed by atoms with E-state index in [0.717, 1.165) is 4.47 Å². The van der Waals surface area contributed by atoms with Gasteiger partial charge in [-0.3, -0.25) is 14.2 Å². The zero-order chi connectivity index (χ0) is 22.2. The number of halogens is 2. The Morgan fingerprint density at radius 2 is 1.87 bits per heavy atom. The maximum absolute atomic E-state index is 14.6. The largest absolute Gasteiger partial charge is 0.494 e. The van der Waals surface area contributed by atoms with E-state index in [2.05, 4.69) is 15.9 Å². The Bertz CT molecular complexity index is 1120. The molecule has 1 heterocycles. The van der Waals surface area contributed by atoms with Gasteiger partial charge in [-0.1, -0.05) is 36.2 Å². The Morgan fingerprint density at radius 3 is 2.40 bits per heavy atom. The summed E-state index contributed by atoms with van der Waals surface area (Å²) < 4.78 is 21.9. The summed E-state index contributed by atoms with van der Waals surface area (Å²) in [6.07, 6.45) is 0.641. The number of aliphatic carboxylic acids is 1. The van der Waals surface area contributed by atoms with Crippen LogP contribution in [0.2, 0.25) is 0 Å². The van der Waals surface area contributed by atoms with Crippen LogP contribution in [0.1, 0.15) is 47.8 Å².